The third-order valence-corrected chi connectivity index (χ3v) is 3.90. The Morgan fingerprint density at radius 3 is 2.70 bits per heavy atom. The molecule has 1 heterocycles. The molecule has 1 aromatic carbocycles. The number of imidazole rings is 1. The van der Waals surface area contributed by atoms with Crippen molar-refractivity contribution in [3.63, 3.8) is 0 Å². The van der Waals surface area contributed by atoms with E-state index >= 15 is 0 Å². The molecule has 1 unspecified atom stereocenters. The van der Waals surface area contributed by atoms with Crippen molar-refractivity contribution < 1.29 is 4.39 Å². The lowest BCUT2D eigenvalue weighted by Crippen LogP contribution is -2.32. The van der Waals surface area contributed by atoms with Crippen LogP contribution in [-0.2, 0) is 0 Å². The molecule has 1 saturated carbocycles. The highest BCUT2D eigenvalue weighted by atomic mass is 19.1. The minimum absolute atomic E-state index is 0.0450. The second kappa shape index (κ2) is 5.25. The fourth-order valence-electron chi connectivity index (χ4n) is 2.56. The molecule has 0 radical (unpaired) electrons. The zero-order valence-corrected chi connectivity index (χ0v) is 11.5. The third-order valence-electron chi connectivity index (χ3n) is 3.90. The van der Waals surface area contributed by atoms with E-state index in [0.717, 1.165) is 11.4 Å². The molecule has 1 atom stereocenters. The lowest BCUT2D eigenvalue weighted by atomic mass is 10.1. The van der Waals surface area contributed by atoms with Gasteiger partial charge in [-0.1, -0.05) is 0 Å². The van der Waals surface area contributed by atoms with Crippen molar-refractivity contribution in [1.29, 1.82) is 0 Å². The van der Waals surface area contributed by atoms with E-state index in [9.17, 15) is 4.39 Å². The largest absolute Gasteiger partial charge is 0.365 e. The lowest BCUT2D eigenvalue weighted by molar-refractivity contribution is 0.593. The van der Waals surface area contributed by atoms with Gasteiger partial charge in [0.2, 0.25) is 0 Å². The molecule has 1 aliphatic carbocycles. The maximum atomic E-state index is 13.0. The highest BCUT2D eigenvalue weighted by Crippen LogP contribution is 2.38. The SMILES string of the molecule is CN(c1ccc(F)cc1)C(CN)c1cncn1C1CC1. The Bertz CT molecular complexity index is 574. The zero-order chi connectivity index (χ0) is 14.1. The number of benzene rings is 1. The average molecular weight is 274 g/mol. The molecule has 0 aliphatic heterocycles. The van der Waals surface area contributed by atoms with Gasteiger partial charge < -0.3 is 15.2 Å². The predicted octanol–water partition coefficient (Wildman–Crippen LogP) is 2.49. The molecule has 2 N–H and O–H groups in total. The van der Waals surface area contributed by atoms with Crippen molar-refractivity contribution in [2.75, 3.05) is 18.5 Å². The highest BCUT2D eigenvalue weighted by molar-refractivity contribution is 5.47. The summed E-state index contributed by atoms with van der Waals surface area (Å²) in [4.78, 5) is 6.34. The average Bonchev–Trinajstić information content (AvgIpc) is 3.19. The van der Waals surface area contributed by atoms with E-state index < -0.39 is 0 Å². The molecule has 1 aliphatic rings. The van der Waals surface area contributed by atoms with Crippen LogP contribution < -0.4 is 10.6 Å². The Kier molecular flexibility index (Phi) is 3.44. The van der Waals surface area contributed by atoms with Crippen LogP contribution in [0.3, 0.4) is 0 Å². The van der Waals surface area contributed by atoms with Crippen LogP contribution in [0.1, 0.15) is 30.6 Å². The standard InChI is InChI=1S/C15H19FN4/c1-19(12-4-2-11(16)3-5-12)14(8-17)15-9-18-10-20(15)13-6-7-13/h2-5,9-10,13-14H,6-8,17H2,1H3. The second-order valence-corrected chi connectivity index (χ2v) is 5.30. The Labute approximate surface area is 118 Å². The highest BCUT2D eigenvalue weighted by Gasteiger charge is 2.29. The lowest BCUT2D eigenvalue weighted by Gasteiger charge is -2.29. The van der Waals surface area contributed by atoms with E-state index in [0.29, 0.717) is 12.6 Å². The molecule has 20 heavy (non-hydrogen) atoms. The first-order valence-electron chi connectivity index (χ1n) is 6.91. The van der Waals surface area contributed by atoms with E-state index in [1.54, 1.807) is 12.1 Å². The molecule has 0 amide bonds. The molecule has 1 aromatic heterocycles. The Morgan fingerprint density at radius 2 is 2.10 bits per heavy atom. The summed E-state index contributed by atoms with van der Waals surface area (Å²) < 4.78 is 15.2. The van der Waals surface area contributed by atoms with E-state index in [2.05, 4.69) is 14.5 Å². The second-order valence-electron chi connectivity index (χ2n) is 5.30. The van der Waals surface area contributed by atoms with Gasteiger partial charge in [-0.15, -0.1) is 0 Å². The number of halogens is 1. The van der Waals surface area contributed by atoms with Crippen molar-refractivity contribution in [2.45, 2.75) is 24.9 Å². The Balaban J connectivity index is 1.88. The first-order chi connectivity index (χ1) is 9.70. The van der Waals surface area contributed by atoms with Gasteiger partial charge >= 0.3 is 0 Å². The number of hydrogen-bond acceptors (Lipinski definition) is 3. The van der Waals surface area contributed by atoms with Crippen LogP contribution in [0, 0.1) is 5.82 Å². The molecule has 0 saturated heterocycles. The van der Waals surface area contributed by atoms with Crippen molar-refractivity contribution in [3.05, 3.63) is 48.3 Å². The van der Waals surface area contributed by atoms with E-state index in [-0.39, 0.29) is 11.9 Å². The molecular formula is C15H19FN4. The van der Waals surface area contributed by atoms with Gasteiger partial charge in [-0.3, -0.25) is 0 Å². The first-order valence-corrected chi connectivity index (χ1v) is 6.91. The number of nitrogens with two attached hydrogens (primary N) is 1. The fourth-order valence-corrected chi connectivity index (χ4v) is 2.56. The number of aromatic nitrogens is 2. The van der Waals surface area contributed by atoms with Crippen LogP contribution >= 0.6 is 0 Å². The molecule has 1 fully saturated rings. The number of nitrogens with zero attached hydrogens (tertiary/aromatic N) is 3. The zero-order valence-electron chi connectivity index (χ0n) is 11.5. The Morgan fingerprint density at radius 1 is 1.40 bits per heavy atom. The smallest absolute Gasteiger partial charge is 0.123 e. The molecular weight excluding hydrogens is 255 g/mol. The van der Waals surface area contributed by atoms with E-state index in [4.69, 9.17) is 5.73 Å². The van der Waals surface area contributed by atoms with Gasteiger partial charge in [0, 0.05) is 25.3 Å². The maximum absolute atomic E-state index is 13.0. The first kappa shape index (κ1) is 13.1. The minimum Gasteiger partial charge on any atom is -0.365 e. The summed E-state index contributed by atoms with van der Waals surface area (Å²) >= 11 is 0. The van der Waals surface area contributed by atoms with Gasteiger partial charge in [-0.25, -0.2) is 9.37 Å². The molecule has 0 bridgehead atoms. The van der Waals surface area contributed by atoms with Crippen LogP contribution in [0.4, 0.5) is 10.1 Å². The van der Waals surface area contributed by atoms with E-state index in [1.807, 2.05) is 19.6 Å². The predicted molar refractivity (Wildman–Crippen MR) is 77.1 cm³/mol. The molecule has 106 valence electrons. The van der Waals surface area contributed by atoms with Gasteiger partial charge in [-0.2, -0.15) is 0 Å². The summed E-state index contributed by atoms with van der Waals surface area (Å²) in [5, 5.41) is 0. The van der Waals surface area contributed by atoms with Gasteiger partial charge in [-0.05, 0) is 37.1 Å². The number of hydrogen-bond donors (Lipinski definition) is 1. The maximum Gasteiger partial charge on any atom is 0.123 e. The number of rotatable bonds is 5. The van der Waals surface area contributed by atoms with Crippen molar-refractivity contribution in [3.8, 4) is 0 Å². The number of anilines is 1. The summed E-state index contributed by atoms with van der Waals surface area (Å²) in [6.07, 6.45) is 6.19. The fraction of sp³-hybridized carbons (Fsp3) is 0.400. The van der Waals surface area contributed by atoms with Gasteiger partial charge in [0.15, 0.2) is 0 Å². The van der Waals surface area contributed by atoms with Gasteiger partial charge in [0.05, 0.1) is 24.3 Å². The van der Waals surface area contributed by atoms with Gasteiger partial charge in [0.1, 0.15) is 5.82 Å². The summed E-state index contributed by atoms with van der Waals surface area (Å²) in [5.41, 5.74) is 8.04. The minimum atomic E-state index is -0.227. The summed E-state index contributed by atoms with van der Waals surface area (Å²) in [6.45, 7) is 0.492. The quantitative estimate of drug-likeness (QED) is 0.911. The van der Waals surface area contributed by atoms with Crippen molar-refractivity contribution in [2.24, 2.45) is 5.73 Å². The topological polar surface area (TPSA) is 47.1 Å². The van der Waals surface area contributed by atoms with Crippen molar-refractivity contribution in [1.82, 2.24) is 9.55 Å². The van der Waals surface area contributed by atoms with E-state index in [1.165, 1.54) is 25.0 Å². The molecule has 5 heteroatoms. The van der Waals surface area contributed by atoms with Gasteiger partial charge in [0.25, 0.3) is 0 Å². The Hall–Kier alpha value is -1.88. The summed E-state index contributed by atoms with van der Waals surface area (Å²) in [7, 11) is 1.98. The molecule has 0 spiro atoms. The summed E-state index contributed by atoms with van der Waals surface area (Å²) in [6, 6.07) is 7.10. The summed E-state index contributed by atoms with van der Waals surface area (Å²) in [5.74, 6) is -0.227. The van der Waals surface area contributed by atoms with Crippen molar-refractivity contribution >= 4 is 5.69 Å². The van der Waals surface area contributed by atoms with Crippen LogP contribution in [-0.4, -0.2) is 23.1 Å². The molecule has 2 aromatic rings. The van der Waals surface area contributed by atoms with Crippen LogP contribution in [0.15, 0.2) is 36.8 Å². The van der Waals surface area contributed by atoms with Crippen LogP contribution in [0.25, 0.3) is 0 Å². The van der Waals surface area contributed by atoms with Crippen LogP contribution in [0.5, 0.6) is 0 Å². The normalized spacial score (nSPS) is 16.1. The molecule has 4 nitrogen and oxygen atoms in total. The monoisotopic (exact) mass is 274 g/mol. The van der Waals surface area contributed by atoms with Crippen LogP contribution in [0.2, 0.25) is 0 Å². The third kappa shape index (κ3) is 2.41. The number of likely N-dealkylation sites (N-methyl/N-ethyl adjacent to an activating group) is 1. The molecule has 3 rings (SSSR count).